The van der Waals surface area contributed by atoms with E-state index in [0.29, 0.717) is 18.8 Å². The fraction of sp³-hybridized carbons (Fsp3) is 0.455. The first-order valence-electron chi connectivity index (χ1n) is 4.92. The SMILES string of the molecule is CNC(CO)CCOc1cccc(F)c1. The summed E-state index contributed by atoms with van der Waals surface area (Å²) in [5.74, 6) is 0.211. The molecule has 4 heteroatoms. The van der Waals surface area contributed by atoms with Crippen LogP contribution in [0.4, 0.5) is 4.39 Å². The monoisotopic (exact) mass is 213 g/mol. The van der Waals surface area contributed by atoms with Gasteiger partial charge in [-0.3, -0.25) is 0 Å². The van der Waals surface area contributed by atoms with E-state index >= 15 is 0 Å². The van der Waals surface area contributed by atoms with Gasteiger partial charge in [-0.1, -0.05) is 6.07 Å². The summed E-state index contributed by atoms with van der Waals surface area (Å²) in [6, 6.07) is 6.05. The van der Waals surface area contributed by atoms with Gasteiger partial charge >= 0.3 is 0 Å². The van der Waals surface area contributed by atoms with Crippen LogP contribution in [0.2, 0.25) is 0 Å². The molecule has 1 rings (SSSR count). The smallest absolute Gasteiger partial charge is 0.126 e. The number of likely N-dealkylation sites (N-methyl/N-ethyl adjacent to an activating group) is 1. The van der Waals surface area contributed by atoms with E-state index in [1.807, 2.05) is 0 Å². The zero-order valence-electron chi connectivity index (χ0n) is 8.74. The third-order valence-electron chi connectivity index (χ3n) is 2.16. The van der Waals surface area contributed by atoms with Gasteiger partial charge in [-0.05, 0) is 25.6 Å². The highest BCUT2D eigenvalue weighted by molar-refractivity contribution is 5.22. The van der Waals surface area contributed by atoms with E-state index in [4.69, 9.17) is 9.84 Å². The Kier molecular flexibility index (Phi) is 5.07. The normalized spacial score (nSPS) is 12.5. The van der Waals surface area contributed by atoms with Gasteiger partial charge in [0, 0.05) is 12.1 Å². The summed E-state index contributed by atoms with van der Waals surface area (Å²) >= 11 is 0. The largest absolute Gasteiger partial charge is 0.493 e. The van der Waals surface area contributed by atoms with E-state index in [9.17, 15) is 4.39 Å². The second kappa shape index (κ2) is 6.37. The predicted octanol–water partition coefficient (Wildman–Crippen LogP) is 1.17. The number of hydrogen-bond donors (Lipinski definition) is 2. The van der Waals surface area contributed by atoms with Crippen LogP contribution in [0.15, 0.2) is 24.3 Å². The zero-order valence-corrected chi connectivity index (χ0v) is 8.74. The van der Waals surface area contributed by atoms with E-state index in [1.165, 1.54) is 12.1 Å². The first kappa shape index (κ1) is 11.9. The minimum absolute atomic E-state index is 0.0264. The molecular formula is C11H16FNO2. The maximum atomic E-state index is 12.8. The van der Waals surface area contributed by atoms with Crippen LogP contribution in [0.1, 0.15) is 6.42 Å². The Labute approximate surface area is 88.9 Å². The first-order valence-corrected chi connectivity index (χ1v) is 4.92. The van der Waals surface area contributed by atoms with Gasteiger partial charge in [0.1, 0.15) is 11.6 Å². The number of ether oxygens (including phenoxy) is 1. The Hall–Kier alpha value is -1.13. The summed E-state index contributed by atoms with van der Waals surface area (Å²) in [5.41, 5.74) is 0. The molecule has 1 aromatic rings. The molecular weight excluding hydrogens is 197 g/mol. The van der Waals surface area contributed by atoms with Crippen molar-refractivity contribution in [3.05, 3.63) is 30.1 Å². The maximum absolute atomic E-state index is 12.8. The van der Waals surface area contributed by atoms with Crippen LogP contribution in [-0.2, 0) is 0 Å². The molecule has 0 fully saturated rings. The molecule has 0 bridgehead atoms. The summed E-state index contributed by atoms with van der Waals surface area (Å²) in [6.07, 6.45) is 0.684. The molecule has 0 saturated heterocycles. The zero-order chi connectivity index (χ0) is 11.1. The van der Waals surface area contributed by atoms with Crippen molar-refractivity contribution in [3.8, 4) is 5.75 Å². The lowest BCUT2D eigenvalue weighted by Gasteiger charge is -2.13. The van der Waals surface area contributed by atoms with Crippen molar-refractivity contribution in [2.45, 2.75) is 12.5 Å². The molecule has 84 valence electrons. The average molecular weight is 213 g/mol. The highest BCUT2D eigenvalue weighted by Gasteiger charge is 2.04. The van der Waals surface area contributed by atoms with Crippen LogP contribution in [0.3, 0.4) is 0 Å². The molecule has 0 aliphatic carbocycles. The van der Waals surface area contributed by atoms with E-state index in [2.05, 4.69) is 5.32 Å². The fourth-order valence-corrected chi connectivity index (χ4v) is 1.20. The third kappa shape index (κ3) is 4.27. The standard InChI is InChI=1S/C11H16FNO2/c1-13-10(8-14)5-6-15-11-4-2-3-9(12)7-11/h2-4,7,10,13-14H,5-6,8H2,1H3. The first-order chi connectivity index (χ1) is 7.26. The van der Waals surface area contributed by atoms with Crippen molar-refractivity contribution < 1.29 is 14.2 Å². The van der Waals surface area contributed by atoms with Gasteiger partial charge < -0.3 is 15.2 Å². The van der Waals surface area contributed by atoms with Gasteiger partial charge in [0.05, 0.1) is 13.2 Å². The summed E-state index contributed by atoms with van der Waals surface area (Å²) < 4.78 is 18.1. The summed E-state index contributed by atoms with van der Waals surface area (Å²) in [4.78, 5) is 0. The van der Waals surface area contributed by atoms with Crippen molar-refractivity contribution in [1.29, 1.82) is 0 Å². The Morgan fingerprint density at radius 1 is 1.53 bits per heavy atom. The molecule has 1 unspecified atom stereocenters. The Morgan fingerprint density at radius 2 is 2.33 bits per heavy atom. The highest BCUT2D eigenvalue weighted by Crippen LogP contribution is 2.12. The molecule has 0 saturated carbocycles. The summed E-state index contributed by atoms with van der Waals surface area (Å²) in [6.45, 7) is 0.526. The quantitative estimate of drug-likeness (QED) is 0.745. The molecule has 0 aliphatic heterocycles. The van der Waals surface area contributed by atoms with Gasteiger partial charge in [0.2, 0.25) is 0 Å². The second-order valence-corrected chi connectivity index (χ2v) is 3.26. The van der Waals surface area contributed by atoms with Gasteiger partial charge in [-0.25, -0.2) is 4.39 Å². The van der Waals surface area contributed by atoms with E-state index in [-0.39, 0.29) is 18.5 Å². The molecule has 1 aromatic carbocycles. The molecule has 0 aliphatic rings. The number of aliphatic hydroxyl groups excluding tert-OH is 1. The van der Waals surface area contributed by atoms with Crippen LogP contribution < -0.4 is 10.1 Å². The molecule has 15 heavy (non-hydrogen) atoms. The fourth-order valence-electron chi connectivity index (χ4n) is 1.20. The second-order valence-electron chi connectivity index (χ2n) is 3.26. The van der Waals surface area contributed by atoms with Crippen LogP contribution in [-0.4, -0.2) is 31.4 Å². The number of rotatable bonds is 6. The van der Waals surface area contributed by atoms with Crippen molar-refractivity contribution in [3.63, 3.8) is 0 Å². The van der Waals surface area contributed by atoms with E-state index in [0.717, 1.165) is 0 Å². The topological polar surface area (TPSA) is 41.5 Å². The third-order valence-corrected chi connectivity index (χ3v) is 2.16. The maximum Gasteiger partial charge on any atom is 0.126 e. The lowest BCUT2D eigenvalue weighted by Crippen LogP contribution is -2.30. The molecule has 0 heterocycles. The molecule has 2 N–H and O–H groups in total. The number of halogens is 1. The van der Waals surface area contributed by atoms with Crippen LogP contribution in [0.5, 0.6) is 5.75 Å². The minimum atomic E-state index is -0.306. The van der Waals surface area contributed by atoms with Gasteiger partial charge in [-0.15, -0.1) is 0 Å². The molecule has 1 atom stereocenters. The lowest BCUT2D eigenvalue weighted by atomic mass is 10.2. The van der Waals surface area contributed by atoms with Gasteiger partial charge in [0.25, 0.3) is 0 Å². The predicted molar refractivity (Wildman–Crippen MR) is 56.4 cm³/mol. The van der Waals surface area contributed by atoms with Crippen LogP contribution in [0.25, 0.3) is 0 Å². The molecule has 0 radical (unpaired) electrons. The average Bonchev–Trinajstić information content (AvgIpc) is 2.25. The molecule has 0 spiro atoms. The van der Waals surface area contributed by atoms with E-state index < -0.39 is 0 Å². The lowest BCUT2D eigenvalue weighted by molar-refractivity contribution is 0.214. The van der Waals surface area contributed by atoms with Crippen molar-refractivity contribution >= 4 is 0 Å². The highest BCUT2D eigenvalue weighted by atomic mass is 19.1. The molecule has 3 nitrogen and oxygen atoms in total. The van der Waals surface area contributed by atoms with Crippen LogP contribution in [0, 0.1) is 5.82 Å². The molecule has 0 amide bonds. The number of nitrogens with one attached hydrogen (secondary N) is 1. The van der Waals surface area contributed by atoms with Crippen LogP contribution >= 0.6 is 0 Å². The van der Waals surface area contributed by atoms with Crippen molar-refractivity contribution in [2.75, 3.05) is 20.3 Å². The summed E-state index contributed by atoms with van der Waals surface area (Å²) in [7, 11) is 1.78. The summed E-state index contributed by atoms with van der Waals surface area (Å²) in [5, 5.41) is 11.8. The van der Waals surface area contributed by atoms with Crippen molar-refractivity contribution in [2.24, 2.45) is 0 Å². The Balaban J connectivity index is 2.31. The van der Waals surface area contributed by atoms with Gasteiger partial charge in [-0.2, -0.15) is 0 Å². The Morgan fingerprint density at radius 3 is 2.93 bits per heavy atom. The number of hydrogen-bond acceptors (Lipinski definition) is 3. The van der Waals surface area contributed by atoms with Crippen molar-refractivity contribution in [1.82, 2.24) is 5.32 Å². The van der Waals surface area contributed by atoms with Gasteiger partial charge in [0.15, 0.2) is 0 Å². The van der Waals surface area contributed by atoms with E-state index in [1.54, 1.807) is 19.2 Å². The minimum Gasteiger partial charge on any atom is -0.493 e. The molecule has 0 aromatic heterocycles. The number of aliphatic hydroxyl groups is 1. The Bertz CT molecular complexity index is 290. The number of benzene rings is 1.